The van der Waals surface area contributed by atoms with Crippen molar-refractivity contribution in [3.8, 4) is 5.75 Å². The van der Waals surface area contributed by atoms with Crippen LogP contribution in [0, 0.1) is 6.92 Å². The van der Waals surface area contributed by atoms with Gasteiger partial charge in [-0.25, -0.2) is 8.42 Å². The Bertz CT molecular complexity index is 1170. The normalized spacial score (nSPS) is 12.1. The van der Waals surface area contributed by atoms with Crippen LogP contribution in [0.1, 0.15) is 12.5 Å². The van der Waals surface area contributed by atoms with E-state index in [0.29, 0.717) is 10.7 Å². The summed E-state index contributed by atoms with van der Waals surface area (Å²) >= 11 is 6.08. The van der Waals surface area contributed by atoms with Crippen molar-refractivity contribution in [3.63, 3.8) is 0 Å². The van der Waals surface area contributed by atoms with E-state index in [2.05, 4.69) is 5.32 Å². The molecule has 168 valence electrons. The maximum Gasteiger partial charge on any atom is 0.264 e. The number of amides is 1. The summed E-state index contributed by atoms with van der Waals surface area (Å²) in [5.74, 6) is 0.283. The summed E-state index contributed by atoms with van der Waals surface area (Å²) in [6.45, 7) is 3.59. The molecule has 3 aromatic rings. The van der Waals surface area contributed by atoms with E-state index in [1.807, 2.05) is 31.2 Å². The van der Waals surface area contributed by atoms with Crippen molar-refractivity contribution < 1.29 is 17.9 Å². The molecule has 1 amide bonds. The number of halogens is 1. The summed E-state index contributed by atoms with van der Waals surface area (Å²) in [6, 6.07) is 21.6. The fourth-order valence-corrected chi connectivity index (χ4v) is 4.71. The third-order valence-electron chi connectivity index (χ3n) is 4.70. The largest absolute Gasteiger partial charge is 0.491 e. The van der Waals surface area contributed by atoms with E-state index >= 15 is 0 Å². The summed E-state index contributed by atoms with van der Waals surface area (Å²) < 4.78 is 33.4. The quantitative estimate of drug-likeness (QED) is 0.500. The zero-order valence-corrected chi connectivity index (χ0v) is 19.4. The van der Waals surface area contributed by atoms with Gasteiger partial charge in [0, 0.05) is 5.02 Å². The van der Waals surface area contributed by atoms with Gasteiger partial charge in [0.05, 0.1) is 16.6 Å². The van der Waals surface area contributed by atoms with Crippen LogP contribution in [-0.4, -0.2) is 33.5 Å². The van der Waals surface area contributed by atoms with Crippen LogP contribution in [0.2, 0.25) is 5.02 Å². The second kappa shape index (κ2) is 10.5. The highest BCUT2D eigenvalue weighted by Crippen LogP contribution is 2.26. The first-order valence-corrected chi connectivity index (χ1v) is 11.9. The molecule has 0 aliphatic heterocycles. The first-order chi connectivity index (χ1) is 15.3. The van der Waals surface area contributed by atoms with Gasteiger partial charge in [0.15, 0.2) is 0 Å². The van der Waals surface area contributed by atoms with E-state index in [1.165, 1.54) is 18.2 Å². The Kier molecular flexibility index (Phi) is 7.77. The monoisotopic (exact) mass is 472 g/mol. The van der Waals surface area contributed by atoms with Crippen LogP contribution in [0.4, 0.5) is 5.69 Å². The Morgan fingerprint density at radius 2 is 1.72 bits per heavy atom. The van der Waals surface area contributed by atoms with Crippen molar-refractivity contribution in [2.75, 3.05) is 17.5 Å². The van der Waals surface area contributed by atoms with E-state index in [-0.39, 0.29) is 17.5 Å². The van der Waals surface area contributed by atoms with Crippen molar-refractivity contribution in [2.45, 2.75) is 24.8 Å². The van der Waals surface area contributed by atoms with Gasteiger partial charge in [-0.1, -0.05) is 54.1 Å². The van der Waals surface area contributed by atoms with Crippen molar-refractivity contribution in [1.29, 1.82) is 0 Å². The number of sulfonamides is 1. The van der Waals surface area contributed by atoms with E-state index in [0.717, 1.165) is 15.6 Å². The number of hydrogen-bond donors (Lipinski definition) is 1. The number of nitrogens with one attached hydrogen (secondary N) is 1. The molecule has 0 heterocycles. The third-order valence-corrected chi connectivity index (χ3v) is 6.73. The standard InChI is InChI=1S/C24H25ClN2O4S/c1-18-9-6-7-14-23(18)31-17-19(2)26-24(28)16-27(21-11-8-10-20(25)15-21)32(29,30)22-12-4-3-5-13-22/h3-15,19H,16-17H2,1-2H3,(H,26,28). The van der Waals surface area contributed by atoms with Gasteiger partial charge in [-0.3, -0.25) is 9.10 Å². The molecule has 8 heteroatoms. The molecule has 0 saturated heterocycles. The topological polar surface area (TPSA) is 75.7 Å². The maximum absolute atomic E-state index is 13.3. The van der Waals surface area contributed by atoms with E-state index < -0.39 is 22.5 Å². The average molecular weight is 473 g/mol. The lowest BCUT2D eigenvalue weighted by Crippen LogP contribution is -2.45. The highest BCUT2D eigenvalue weighted by molar-refractivity contribution is 7.92. The molecule has 0 aliphatic carbocycles. The second-order valence-electron chi connectivity index (χ2n) is 7.35. The van der Waals surface area contributed by atoms with Gasteiger partial charge in [0.1, 0.15) is 18.9 Å². The molecule has 3 aromatic carbocycles. The smallest absolute Gasteiger partial charge is 0.264 e. The van der Waals surface area contributed by atoms with Crippen molar-refractivity contribution in [3.05, 3.63) is 89.4 Å². The number of carbonyl (C=O) groups excluding carboxylic acids is 1. The Morgan fingerprint density at radius 1 is 1.03 bits per heavy atom. The molecule has 0 saturated carbocycles. The number of aryl methyl sites for hydroxylation is 1. The summed E-state index contributed by atoms with van der Waals surface area (Å²) in [6.07, 6.45) is 0. The fraction of sp³-hybridized carbons (Fsp3) is 0.208. The minimum atomic E-state index is -3.98. The van der Waals surface area contributed by atoms with Crippen LogP contribution in [-0.2, 0) is 14.8 Å². The van der Waals surface area contributed by atoms with Crippen LogP contribution >= 0.6 is 11.6 Å². The lowest BCUT2D eigenvalue weighted by molar-refractivity contribution is -0.120. The van der Waals surface area contributed by atoms with E-state index in [1.54, 1.807) is 43.3 Å². The van der Waals surface area contributed by atoms with Gasteiger partial charge < -0.3 is 10.1 Å². The highest BCUT2D eigenvalue weighted by atomic mass is 35.5. The van der Waals surface area contributed by atoms with Gasteiger partial charge in [-0.05, 0) is 55.8 Å². The number of nitrogens with zero attached hydrogens (tertiary/aromatic N) is 1. The van der Waals surface area contributed by atoms with Crippen molar-refractivity contribution in [1.82, 2.24) is 5.32 Å². The van der Waals surface area contributed by atoms with Gasteiger partial charge in [0.25, 0.3) is 10.0 Å². The van der Waals surface area contributed by atoms with Crippen LogP contribution in [0.3, 0.4) is 0 Å². The molecule has 0 radical (unpaired) electrons. The minimum Gasteiger partial charge on any atom is -0.491 e. The molecular weight excluding hydrogens is 448 g/mol. The molecule has 6 nitrogen and oxygen atoms in total. The maximum atomic E-state index is 13.3. The number of benzene rings is 3. The molecule has 32 heavy (non-hydrogen) atoms. The SMILES string of the molecule is Cc1ccccc1OCC(C)NC(=O)CN(c1cccc(Cl)c1)S(=O)(=O)c1ccccc1. The zero-order valence-electron chi connectivity index (χ0n) is 17.9. The molecule has 1 atom stereocenters. The predicted molar refractivity (Wildman–Crippen MR) is 127 cm³/mol. The molecule has 0 bridgehead atoms. The lowest BCUT2D eigenvalue weighted by atomic mass is 10.2. The predicted octanol–water partition coefficient (Wildman–Crippen LogP) is 4.43. The van der Waals surface area contributed by atoms with Crippen LogP contribution in [0.25, 0.3) is 0 Å². The first kappa shape index (κ1) is 23.6. The fourth-order valence-electron chi connectivity index (χ4n) is 3.09. The van der Waals surface area contributed by atoms with Gasteiger partial charge in [-0.15, -0.1) is 0 Å². The van der Waals surface area contributed by atoms with Crippen LogP contribution < -0.4 is 14.4 Å². The molecule has 1 unspecified atom stereocenters. The summed E-state index contributed by atoms with van der Waals surface area (Å²) in [5.41, 5.74) is 1.30. The third kappa shape index (κ3) is 6.02. The number of ether oxygens (including phenoxy) is 1. The summed E-state index contributed by atoms with van der Waals surface area (Å²) in [7, 11) is -3.98. The van der Waals surface area contributed by atoms with Gasteiger partial charge >= 0.3 is 0 Å². The van der Waals surface area contributed by atoms with Gasteiger partial charge in [-0.2, -0.15) is 0 Å². The molecule has 0 aromatic heterocycles. The Labute approximate surface area is 193 Å². The summed E-state index contributed by atoms with van der Waals surface area (Å²) in [4.78, 5) is 12.9. The second-order valence-corrected chi connectivity index (χ2v) is 9.65. The molecular formula is C24H25ClN2O4S. The van der Waals surface area contributed by atoms with Crippen molar-refractivity contribution in [2.24, 2.45) is 0 Å². The molecule has 0 fully saturated rings. The number of rotatable bonds is 9. The van der Waals surface area contributed by atoms with E-state index in [4.69, 9.17) is 16.3 Å². The zero-order chi connectivity index (χ0) is 23.1. The molecule has 0 aliphatic rings. The van der Waals surface area contributed by atoms with Crippen LogP contribution in [0.5, 0.6) is 5.75 Å². The lowest BCUT2D eigenvalue weighted by Gasteiger charge is -2.25. The number of para-hydroxylation sites is 1. The van der Waals surface area contributed by atoms with E-state index in [9.17, 15) is 13.2 Å². The number of carbonyl (C=O) groups is 1. The molecule has 1 N–H and O–H groups in total. The summed E-state index contributed by atoms with van der Waals surface area (Å²) in [5, 5.41) is 3.18. The Balaban J connectivity index is 1.74. The Morgan fingerprint density at radius 3 is 2.41 bits per heavy atom. The van der Waals surface area contributed by atoms with Crippen LogP contribution in [0.15, 0.2) is 83.8 Å². The Hall–Kier alpha value is -3.03. The highest BCUT2D eigenvalue weighted by Gasteiger charge is 2.27. The molecule has 0 spiro atoms. The average Bonchev–Trinajstić information content (AvgIpc) is 2.77. The minimum absolute atomic E-state index is 0.0868. The number of anilines is 1. The van der Waals surface area contributed by atoms with Crippen molar-refractivity contribution >= 4 is 33.2 Å². The molecule has 3 rings (SSSR count). The number of hydrogen-bond acceptors (Lipinski definition) is 4. The first-order valence-electron chi connectivity index (χ1n) is 10.1. The van der Waals surface area contributed by atoms with Gasteiger partial charge in [0.2, 0.25) is 5.91 Å².